The molecule has 2 saturated carbocycles. The van der Waals surface area contributed by atoms with Crippen molar-refractivity contribution in [2.45, 2.75) is 64.4 Å². The summed E-state index contributed by atoms with van der Waals surface area (Å²) < 4.78 is 95.5. The Morgan fingerprint density at radius 1 is 0.736 bits per heavy atom. The third-order valence-electron chi connectivity index (χ3n) is 8.02. The normalized spacial score (nSPS) is 15.7. The van der Waals surface area contributed by atoms with Crippen LogP contribution in [-0.2, 0) is 4.74 Å². The second kappa shape index (κ2) is 15.2. The molecule has 1 N–H and O–H groups in total. The highest BCUT2D eigenvalue weighted by atomic mass is 35.5. The highest BCUT2D eigenvalue weighted by Gasteiger charge is 2.64. The van der Waals surface area contributed by atoms with Crippen LogP contribution in [0.4, 0.5) is 26.3 Å². The van der Waals surface area contributed by atoms with Crippen molar-refractivity contribution in [3.8, 4) is 23.4 Å². The molecule has 0 bridgehead atoms. The lowest BCUT2D eigenvalue weighted by Gasteiger charge is -2.19. The van der Waals surface area contributed by atoms with E-state index in [0.717, 1.165) is 0 Å². The maximum absolute atomic E-state index is 13.0. The molecule has 4 aromatic rings. The highest BCUT2D eigenvalue weighted by Crippen LogP contribution is 2.58. The molecule has 0 spiro atoms. The van der Waals surface area contributed by atoms with E-state index in [4.69, 9.17) is 42.5 Å². The molecule has 2 aliphatic rings. The molecule has 4 aromatic heterocycles. The summed E-state index contributed by atoms with van der Waals surface area (Å²) in [6.07, 6.45) is -5.47. The summed E-state index contributed by atoms with van der Waals surface area (Å²) >= 11 is 11.9. The average Bonchev–Trinajstić information content (AvgIpc) is 3.91. The Bertz CT molecular complexity index is 1950. The van der Waals surface area contributed by atoms with Crippen LogP contribution in [0.2, 0.25) is 10.3 Å². The Kier molecular flexibility index (Phi) is 11.9. The van der Waals surface area contributed by atoms with E-state index in [-0.39, 0.29) is 82.9 Å². The lowest BCUT2D eigenvalue weighted by Crippen LogP contribution is -2.30. The molecule has 12 nitrogen and oxygen atoms in total. The number of hydrogen-bond acceptors (Lipinski definition) is 9. The van der Waals surface area contributed by atoms with Gasteiger partial charge in [0.15, 0.2) is 11.6 Å². The van der Waals surface area contributed by atoms with Crippen molar-refractivity contribution in [1.29, 1.82) is 0 Å². The number of esters is 1. The largest absolute Gasteiger partial charge is 0.478 e. The monoisotopic (exact) mass is 814 g/mol. The smallest absolute Gasteiger partial charge is 0.397 e. The van der Waals surface area contributed by atoms with E-state index in [1.54, 1.807) is 20.8 Å². The van der Waals surface area contributed by atoms with E-state index >= 15 is 0 Å². The van der Waals surface area contributed by atoms with Crippen molar-refractivity contribution < 1.29 is 55.2 Å². The molecule has 2 fully saturated rings. The standard InChI is InChI=1S/C18H19ClF3N3O3.C14H11ClF3N3O3.ClH/c1-16(2,3)28-15(26)11-4-5-12(23-14(11)19)25-9-6-13(24-25)27-10-17(7-8-17)18(20,21)22;15-11-8(12(22)23)1-2-9(19-11)21-6-3-10(20-21)24-7-13(4-5-13)14(16,17)18;/h4-6,9H,7-8,10H2,1-3H3;1-3,6H,4-5,7H2,(H,22,23);1H. The summed E-state index contributed by atoms with van der Waals surface area (Å²) in [4.78, 5) is 31.0. The molecule has 288 valence electrons. The Morgan fingerprint density at radius 2 is 1.13 bits per heavy atom. The number of aromatic carboxylic acids is 1. The van der Waals surface area contributed by atoms with Crippen molar-refractivity contribution in [2.24, 2.45) is 10.8 Å². The third kappa shape index (κ3) is 9.83. The van der Waals surface area contributed by atoms with Crippen molar-refractivity contribution in [3.05, 3.63) is 70.2 Å². The van der Waals surface area contributed by atoms with Gasteiger partial charge in [-0.15, -0.1) is 22.6 Å². The summed E-state index contributed by atoms with van der Waals surface area (Å²) in [6, 6.07) is 8.42. The Labute approximate surface area is 313 Å². The van der Waals surface area contributed by atoms with Crippen LogP contribution in [-0.4, -0.2) is 77.7 Å². The zero-order valence-corrected chi connectivity index (χ0v) is 30.3. The van der Waals surface area contributed by atoms with Gasteiger partial charge in [-0.05, 0) is 70.7 Å². The number of rotatable bonds is 10. The van der Waals surface area contributed by atoms with E-state index in [9.17, 15) is 35.9 Å². The number of pyridine rings is 2. The summed E-state index contributed by atoms with van der Waals surface area (Å²) in [5.74, 6) is -1.26. The van der Waals surface area contributed by atoms with Gasteiger partial charge in [-0.2, -0.15) is 26.3 Å². The van der Waals surface area contributed by atoms with Crippen molar-refractivity contribution >= 4 is 47.5 Å². The number of hydrogen-bond donors (Lipinski definition) is 1. The molecule has 0 amide bonds. The van der Waals surface area contributed by atoms with E-state index in [1.165, 1.54) is 58.2 Å². The lowest BCUT2D eigenvalue weighted by atomic mass is 10.1. The molecule has 0 aliphatic heterocycles. The first-order valence-electron chi connectivity index (χ1n) is 15.4. The first-order valence-corrected chi connectivity index (χ1v) is 16.2. The summed E-state index contributed by atoms with van der Waals surface area (Å²) in [5.41, 5.74) is -4.29. The number of nitrogens with zero attached hydrogens (tertiary/aromatic N) is 6. The predicted octanol–water partition coefficient (Wildman–Crippen LogP) is 8.36. The number of carboxylic acid groups (broad SMARTS) is 1. The molecule has 53 heavy (non-hydrogen) atoms. The fourth-order valence-corrected chi connectivity index (χ4v) is 4.98. The van der Waals surface area contributed by atoms with E-state index in [1.807, 2.05) is 0 Å². The van der Waals surface area contributed by atoms with E-state index in [2.05, 4.69) is 20.2 Å². The minimum absolute atomic E-state index is 0. The minimum Gasteiger partial charge on any atom is -0.478 e. The molecule has 0 radical (unpaired) electrons. The topological polar surface area (TPSA) is 143 Å². The molecule has 6 rings (SSSR count). The number of carboxylic acids is 1. The number of ether oxygens (including phenoxy) is 3. The van der Waals surface area contributed by atoms with Crippen molar-refractivity contribution in [3.63, 3.8) is 0 Å². The van der Waals surface area contributed by atoms with Gasteiger partial charge in [0.05, 0.1) is 11.1 Å². The fraction of sp³-hybridized carbons (Fsp3) is 0.438. The van der Waals surface area contributed by atoms with Gasteiger partial charge < -0.3 is 19.3 Å². The van der Waals surface area contributed by atoms with Gasteiger partial charge >= 0.3 is 24.3 Å². The van der Waals surface area contributed by atoms with Crippen LogP contribution >= 0.6 is 35.6 Å². The van der Waals surface area contributed by atoms with Gasteiger partial charge in [0.2, 0.25) is 11.8 Å². The van der Waals surface area contributed by atoms with Crippen molar-refractivity contribution in [1.82, 2.24) is 29.5 Å². The quantitative estimate of drug-likeness (QED) is 0.0943. The van der Waals surface area contributed by atoms with Crippen molar-refractivity contribution in [2.75, 3.05) is 13.2 Å². The highest BCUT2D eigenvalue weighted by molar-refractivity contribution is 6.32. The molecule has 2 aliphatic carbocycles. The van der Waals surface area contributed by atoms with Gasteiger partial charge in [0.1, 0.15) is 40.0 Å². The van der Waals surface area contributed by atoms with Crippen LogP contribution in [0.1, 0.15) is 67.2 Å². The van der Waals surface area contributed by atoms with Gasteiger partial charge in [-0.3, -0.25) is 0 Å². The Balaban J connectivity index is 0.000000235. The van der Waals surface area contributed by atoms with Gasteiger partial charge in [-0.25, -0.2) is 28.9 Å². The SMILES string of the molecule is CC(C)(C)OC(=O)c1ccc(-n2ccc(OCC3(C(F)(F)F)CC3)n2)nc1Cl.Cl.O=C(O)c1ccc(-n2ccc(OCC3(C(F)(F)F)CC3)n2)nc1Cl. The maximum Gasteiger partial charge on any atom is 0.397 e. The number of aromatic nitrogens is 6. The van der Waals surface area contributed by atoms with Crippen LogP contribution in [0.5, 0.6) is 11.8 Å². The van der Waals surface area contributed by atoms with Gasteiger partial charge in [0.25, 0.3) is 0 Å². The van der Waals surface area contributed by atoms with Crippen LogP contribution in [0.3, 0.4) is 0 Å². The minimum atomic E-state index is -4.29. The predicted molar refractivity (Wildman–Crippen MR) is 179 cm³/mol. The number of carbonyl (C=O) groups is 2. The molecular formula is C32H31Cl3F6N6O6. The molecule has 0 saturated heterocycles. The zero-order chi connectivity index (χ0) is 38.3. The zero-order valence-electron chi connectivity index (χ0n) is 28.0. The average molecular weight is 816 g/mol. The second-order valence-corrected chi connectivity index (χ2v) is 13.9. The van der Waals surface area contributed by atoms with Crippen LogP contribution in [0, 0.1) is 10.8 Å². The number of carbonyl (C=O) groups excluding carboxylic acids is 1. The molecule has 0 unspecified atom stereocenters. The molecule has 0 aromatic carbocycles. The molecule has 0 atom stereocenters. The molecule has 4 heterocycles. The van der Waals surface area contributed by atoms with Crippen LogP contribution < -0.4 is 9.47 Å². The Hall–Kier alpha value is -4.29. The van der Waals surface area contributed by atoms with Gasteiger partial charge in [0, 0.05) is 24.5 Å². The Morgan fingerprint density at radius 3 is 1.45 bits per heavy atom. The maximum atomic E-state index is 13.0. The number of halogens is 9. The van der Waals surface area contributed by atoms with Gasteiger partial charge in [-0.1, -0.05) is 23.2 Å². The van der Waals surface area contributed by atoms with Crippen LogP contribution in [0.15, 0.2) is 48.8 Å². The fourth-order valence-electron chi connectivity index (χ4n) is 4.52. The lowest BCUT2D eigenvalue weighted by molar-refractivity contribution is -0.195. The van der Waals surface area contributed by atoms with E-state index in [0.29, 0.717) is 0 Å². The summed E-state index contributed by atoms with van der Waals surface area (Å²) in [5, 5.41) is 16.6. The first kappa shape index (κ1) is 41.5. The summed E-state index contributed by atoms with van der Waals surface area (Å²) in [7, 11) is 0. The third-order valence-corrected chi connectivity index (χ3v) is 8.59. The summed E-state index contributed by atoms with van der Waals surface area (Å²) in [6.45, 7) is 4.24. The first-order chi connectivity index (χ1) is 24.1. The molecule has 21 heteroatoms. The number of alkyl halides is 6. The van der Waals surface area contributed by atoms with Crippen LogP contribution in [0.25, 0.3) is 11.6 Å². The van der Waals surface area contributed by atoms with E-state index < -0.39 is 53.9 Å². The second-order valence-electron chi connectivity index (χ2n) is 13.2. The molecular weight excluding hydrogens is 785 g/mol.